The highest BCUT2D eigenvalue weighted by Gasteiger charge is 2.25. The molecule has 0 saturated heterocycles. The van der Waals surface area contributed by atoms with E-state index in [-0.39, 0.29) is 5.54 Å². The van der Waals surface area contributed by atoms with E-state index in [4.69, 9.17) is 23.2 Å². The van der Waals surface area contributed by atoms with Gasteiger partial charge in [0.1, 0.15) is 0 Å². The third-order valence-corrected chi connectivity index (χ3v) is 4.37. The van der Waals surface area contributed by atoms with Gasteiger partial charge in [0.2, 0.25) is 0 Å². The van der Waals surface area contributed by atoms with Gasteiger partial charge in [0.05, 0.1) is 0 Å². The van der Waals surface area contributed by atoms with Crippen molar-refractivity contribution in [3.63, 3.8) is 0 Å². The molecule has 0 aliphatic rings. The lowest BCUT2D eigenvalue weighted by Crippen LogP contribution is -2.48. The van der Waals surface area contributed by atoms with Gasteiger partial charge < -0.3 is 5.32 Å². The summed E-state index contributed by atoms with van der Waals surface area (Å²) in [5, 5.41) is 3.50. The first kappa shape index (κ1) is 14.8. The average Bonchev–Trinajstić information content (AvgIpc) is 2.35. The molecule has 1 rings (SSSR count). The van der Waals surface area contributed by atoms with Gasteiger partial charge in [0.25, 0.3) is 0 Å². The van der Waals surface area contributed by atoms with Crippen molar-refractivity contribution in [3.8, 4) is 0 Å². The minimum atomic E-state index is -0.153. The minimum absolute atomic E-state index is 0.153. The van der Waals surface area contributed by atoms with E-state index in [1.807, 2.05) is 0 Å². The molecule has 0 amide bonds. The van der Waals surface area contributed by atoms with Crippen LogP contribution in [0.25, 0.3) is 0 Å². The first-order chi connectivity index (χ1) is 8.06. The summed E-state index contributed by atoms with van der Waals surface area (Å²) in [5.41, 5.74) is 3.75. The van der Waals surface area contributed by atoms with Gasteiger partial charge in [-0.1, -0.05) is 30.7 Å². The Labute approximate surface area is 115 Å². The fourth-order valence-corrected chi connectivity index (χ4v) is 2.57. The molecule has 0 heterocycles. The lowest BCUT2D eigenvalue weighted by atomic mass is 9.99. The molecular formula is C14H21Cl2N. The predicted molar refractivity (Wildman–Crippen MR) is 77.2 cm³/mol. The molecule has 0 bridgehead atoms. The van der Waals surface area contributed by atoms with Crippen molar-refractivity contribution in [2.75, 3.05) is 11.8 Å². The minimum Gasteiger partial charge on any atom is -0.305 e. The third-order valence-electron chi connectivity index (χ3n) is 3.35. The summed E-state index contributed by atoms with van der Waals surface area (Å²) >= 11 is 12.0. The van der Waals surface area contributed by atoms with Gasteiger partial charge in [0, 0.05) is 23.8 Å². The molecule has 1 aromatic rings. The Hall–Kier alpha value is -0.240. The first-order valence-corrected chi connectivity index (χ1v) is 7.07. The molecule has 0 aromatic heterocycles. The summed E-state index contributed by atoms with van der Waals surface area (Å²) in [6.45, 7) is 7.17. The second-order valence-electron chi connectivity index (χ2n) is 4.68. The van der Waals surface area contributed by atoms with Crippen LogP contribution in [0.5, 0.6) is 0 Å². The largest absolute Gasteiger partial charge is 0.305 e. The number of rotatable bonds is 6. The molecule has 0 atom stereocenters. The van der Waals surface area contributed by atoms with Crippen LogP contribution in [0, 0.1) is 13.8 Å². The van der Waals surface area contributed by atoms with E-state index in [9.17, 15) is 0 Å². The van der Waals surface area contributed by atoms with E-state index in [1.165, 1.54) is 16.7 Å². The SMILES string of the molecule is CCC(CCl)(CCl)NCc1cc(C)ccc1C. The van der Waals surface area contributed by atoms with Crippen molar-refractivity contribution in [2.45, 2.75) is 39.3 Å². The summed E-state index contributed by atoms with van der Waals surface area (Å²) in [6.07, 6.45) is 0.935. The Balaban J connectivity index is 2.75. The molecule has 17 heavy (non-hydrogen) atoms. The van der Waals surface area contributed by atoms with Crippen LogP contribution in [0.2, 0.25) is 0 Å². The van der Waals surface area contributed by atoms with E-state index in [2.05, 4.69) is 44.3 Å². The van der Waals surface area contributed by atoms with Crippen LogP contribution < -0.4 is 5.32 Å². The molecule has 0 spiro atoms. The summed E-state index contributed by atoms with van der Waals surface area (Å²) in [7, 11) is 0. The molecule has 0 aliphatic carbocycles. The Morgan fingerprint density at radius 2 is 1.82 bits per heavy atom. The van der Waals surface area contributed by atoms with Crippen molar-refractivity contribution in [3.05, 3.63) is 34.9 Å². The summed E-state index contributed by atoms with van der Waals surface area (Å²) in [5.74, 6) is 1.08. The van der Waals surface area contributed by atoms with Crippen molar-refractivity contribution in [1.82, 2.24) is 5.32 Å². The molecule has 0 unspecified atom stereocenters. The lowest BCUT2D eigenvalue weighted by molar-refractivity contribution is 0.384. The smallest absolute Gasteiger partial charge is 0.0453 e. The van der Waals surface area contributed by atoms with E-state index < -0.39 is 0 Å². The van der Waals surface area contributed by atoms with Crippen LogP contribution >= 0.6 is 23.2 Å². The van der Waals surface area contributed by atoms with Gasteiger partial charge in [-0.05, 0) is 31.4 Å². The number of nitrogens with one attached hydrogen (secondary N) is 1. The first-order valence-electron chi connectivity index (χ1n) is 6.00. The Bertz CT molecular complexity index is 351. The number of benzene rings is 1. The molecule has 1 nitrogen and oxygen atoms in total. The molecular weight excluding hydrogens is 253 g/mol. The molecule has 0 fully saturated rings. The van der Waals surface area contributed by atoms with E-state index >= 15 is 0 Å². The van der Waals surface area contributed by atoms with E-state index in [0.717, 1.165) is 13.0 Å². The van der Waals surface area contributed by atoms with E-state index in [0.29, 0.717) is 11.8 Å². The van der Waals surface area contributed by atoms with Gasteiger partial charge in [0.15, 0.2) is 0 Å². The molecule has 96 valence electrons. The fourth-order valence-electron chi connectivity index (χ4n) is 1.72. The highest BCUT2D eigenvalue weighted by Crippen LogP contribution is 2.17. The number of alkyl halides is 2. The maximum absolute atomic E-state index is 6.01. The maximum atomic E-state index is 6.01. The van der Waals surface area contributed by atoms with Crippen LogP contribution in [0.4, 0.5) is 0 Å². The van der Waals surface area contributed by atoms with Crippen LogP contribution in [0.15, 0.2) is 18.2 Å². The molecule has 1 N–H and O–H groups in total. The standard InChI is InChI=1S/C14H21Cl2N/c1-4-14(9-15,10-16)17-8-13-7-11(2)5-6-12(13)3/h5-7,17H,4,8-10H2,1-3H3. The second kappa shape index (κ2) is 6.63. The van der Waals surface area contributed by atoms with Crippen LogP contribution in [-0.4, -0.2) is 17.3 Å². The molecule has 0 aliphatic heterocycles. The molecule has 3 heteroatoms. The number of halogens is 2. The highest BCUT2D eigenvalue weighted by atomic mass is 35.5. The van der Waals surface area contributed by atoms with Gasteiger partial charge in [-0.2, -0.15) is 0 Å². The Kier molecular flexibility index (Phi) is 5.78. The van der Waals surface area contributed by atoms with Crippen LogP contribution in [0.1, 0.15) is 30.0 Å². The average molecular weight is 274 g/mol. The van der Waals surface area contributed by atoms with E-state index in [1.54, 1.807) is 0 Å². The number of hydrogen-bond acceptors (Lipinski definition) is 1. The van der Waals surface area contributed by atoms with Crippen molar-refractivity contribution in [2.24, 2.45) is 0 Å². The zero-order valence-corrected chi connectivity index (χ0v) is 12.3. The topological polar surface area (TPSA) is 12.0 Å². The predicted octanol–water partition coefficient (Wildman–Crippen LogP) is 4.02. The quantitative estimate of drug-likeness (QED) is 0.772. The third kappa shape index (κ3) is 3.87. The summed E-state index contributed by atoms with van der Waals surface area (Å²) < 4.78 is 0. The molecule has 1 aromatic carbocycles. The van der Waals surface area contributed by atoms with Gasteiger partial charge in [-0.15, -0.1) is 23.2 Å². The Morgan fingerprint density at radius 1 is 1.18 bits per heavy atom. The molecule has 0 radical (unpaired) electrons. The number of hydrogen-bond donors (Lipinski definition) is 1. The normalized spacial score (nSPS) is 11.8. The second-order valence-corrected chi connectivity index (χ2v) is 5.22. The zero-order valence-electron chi connectivity index (χ0n) is 10.8. The van der Waals surface area contributed by atoms with Crippen LogP contribution in [-0.2, 0) is 6.54 Å². The monoisotopic (exact) mass is 273 g/mol. The van der Waals surface area contributed by atoms with Gasteiger partial charge in [-0.3, -0.25) is 0 Å². The van der Waals surface area contributed by atoms with Gasteiger partial charge >= 0.3 is 0 Å². The van der Waals surface area contributed by atoms with Crippen molar-refractivity contribution < 1.29 is 0 Å². The summed E-state index contributed by atoms with van der Waals surface area (Å²) in [6, 6.07) is 6.50. The Morgan fingerprint density at radius 3 is 2.35 bits per heavy atom. The van der Waals surface area contributed by atoms with Gasteiger partial charge in [-0.25, -0.2) is 0 Å². The number of aryl methyl sites for hydroxylation is 2. The molecule has 0 saturated carbocycles. The zero-order chi connectivity index (χ0) is 12.9. The van der Waals surface area contributed by atoms with Crippen LogP contribution in [0.3, 0.4) is 0 Å². The fraction of sp³-hybridized carbons (Fsp3) is 0.571. The maximum Gasteiger partial charge on any atom is 0.0453 e. The lowest BCUT2D eigenvalue weighted by Gasteiger charge is -2.30. The van der Waals surface area contributed by atoms with Crippen molar-refractivity contribution in [1.29, 1.82) is 0 Å². The summed E-state index contributed by atoms with van der Waals surface area (Å²) in [4.78, 5) is 0. The van der Waals surface area contributed by atoms with Crippen molar-refractivity contribution >= 4 is 23.2 Å². The highest BCUT2D eigenvalue weighted by molar-refractivity contribution is 6.22.